The molecule has 8 heteroatoms. The predicted molar refractivity (Wildman–Crippen MR) is 79.8 cm³/mol. The number of hydrogen-bond donors (Lipinski definition) is 0. The number of hydrogen-bond acceptors (Lipinski definition) is 8. The summed E-state index contributed by atoms with van der Waals surface area (Å²) in [6, 6.07) is 3.25. The van der Waals surface area contributed by atoms with Gasteiger partial charge in [-0.1, -0.05) is 0 Å². The number of aromatic nitrogens is 3. The number of nitrogens with zero attached hydrogens (tertiary/aromatic N) is 3. The summed E-state index contributed by atoms with van der Waals surface area (Å²) < 4.78 is 20.5. The average molecular weight is 319 g/mol. The number of methoxy groups -OCH3 is 3. The van der Waals surface area contributed by atoms with Crippen molar-refractivity contribution in [3.63, 3.8) is 0 Å². The molecule has 0 aliphatic rings. The van der Waals surface area contributed by atoms with Gasteiger partial charge in [0.2, 0.25) is 17.6 Å². The summed E-state index contributed by atoms with van der Waals surface area (Å²) in [6.07, 6.45) is 1.55. The van der Waals surface area contributed by atoms with Crippen LogP contribution in [-0.2, 0) is 11.3 Å². The zero-order valence-electron chi connectivity index (χ0n) is 13.3. The fraction of sp³-hybridized carbons (Fsp3) is 0.333. The number of esters is 1. The maximum Gasteiger partial charge on any atom is 0.343 e. The van der Waals surface area contributed by atoms with Gasteiger partial charge in [0.05, 0.1) is 27.4 Å². The Kier molecular flexibility index (Phi) is 5.29. The number of carbonyl (C=O) groups is 1. The largest absolute Gasteiger partial charge is 0.481 e. The van der Waals surface area contributed by atoms with Crippen LogP contribution in [-0.4, -0.2) is 42.3 Å². The normalized spacial score (nSPS) is 10.1. The van der Waals surface area contributed by atoms with Crippen LogP contribution in [0.1, 0.15) is 21.7 Å². The Morgan fingerprint density at radius 2 is 1.78 bits per heavy atom. The van der Waals surface area contributed by atoms with E-state index < -0.39 is 5.97 Å². The SMILES string of the molecule is COC(=O)c1c(C)ccnc1OCc1nc(OC)cc(OC)n1. The summed E-state index contributed by atoms with van der Waals surface area (Å²) in [6.45, 7) is 1.76. The van der Waals surface area contributed by atoms with E-state index in [2.05, 4.69) is 15.0 Å². The number of ether oxygens (including phenoxy) is 4. The lowest BCUT2D eigenvalue weighted by Gasteiger charge is -2.11. The van der Waals surface area contributed by atoms with Crippen LogP contribution in [0.15, 0.2) is 18.3 Å². The molecule has 2 heterocycles. The minimum atomic E-state index is -0.519. The standard InChI is InChI=1S/C15H17N3O5/c1-9-5-6-16-14(13(9)15(19)22-4)23-8-10-17-11(20-2)7-12(18-10)21-3/h5-7H,8H2,1-4H3. The summed E-state index contributed by atoms with van der Waals surface area (Å²) in [5.74, 6) is 0.666. The number of pyridine rings is 1. The number of rotatable bonds is 6. The second-order valence-corrected chi connectivity index (χ2v) is 4.46. The van der Waals surface area contributed by atoms with E-state index >= 15 is 0 Å². The molecule has 0 aromatic carbocycles. The third kappa shape index (κ3) is 3.85. The molecule has 0 saturated heterocycles. The van der Waals surface area contributed by atoms with Crippen molar-refractivity contribution in [1.82, 2.24) is 15.0 Å². The monoisotopic (exact) mass is 319 g/mol. The van der Waals surface area contributed by atoms with Gasteiger partial charge in [0.25, 0.3) is 0 Å². The van der Waals surface area contributed by atoms with Gasteiger partial charge < -0.3 is 18.9 Å². The van der Waals surface area contributed by atoms with Gasteiger partial charge in [-0.05, 0) is 18.6 Å². The Bertz CT molecular complexity index is 683. The van der Waals surface area contributed by atoms with Crippen molar-refractivity contribution in [3.05, 3.63) is 35.3 Å². The summed E-state index contributed by atoms with van der Waals surface area (Å²) in [7, 11) is 4.28. The molecule has 122 valence electrons. The highest BCUT2D eigenvalue weighted by Crippen LogP contribution is 2.21. The lowest BCUT2D eigenvalue weighted by molar-refractivity contribution is 0.0593. The first kappa shape index (κ1) is 16.5. The van der Waals surface area contributed by atoms with Crippen molar-refractivity contribution in [3.8, 4) is 17.6 Å². The summed E-state index contributed by atoms with van der Waals surface area (Å²) in [4.78, 5) is 24.2. The van der Waals surface area contributed by atoms with Gasteiger partial charge in [-0.3, -0.25) is 0 Å². The van der Waals surface area contributed by atoms with E-state index in [0.29, 0.717) is 23.1 Å². The molecule has 2 rings (SSSR count). The van der Waals surface area contributed by atoms with Crippen molar-refractivity contribution >= 4 is 5.97 Å². The van der Waals surface area contributed by atoms with Gasteiger partial charge in [0.15, 0.2) is 5.82 Å². The van der Waals surface area contributed by atoms with Crippen LogP contribution in [0.25, 0.3) is 0 Å². The van der Waals surface area contributed by atoms with Crippen LogP contribution in [0.2, 0.25) is 0 Å². The second-order valence-electron chi connectivity index (χ2n) is 4.46. The van der Waals surface area contributed by atoms with Crippen LogP contribution >= 0.6 is 0 Å². The maximum atomic E-state index is 11.9. The van der Waals surface area contributed by atoms with Crippen LogP contribution in [0.5, 0.6) is 17.6 Å². The van der Waals surface area contributed by atoms with E-state index in [1.54, 1.807) is 25.3 Å². The Balaban J connectivity index is 2.25. The number of aryl methyl sites for hydroxylation is 1. The average Bonchev–Trinajstić information content (AvgIpc) is 2.58. The zero-order chi connectivity index (χ0) is 16.8. The Morgan fingerprint density at radius 1 is 1.13 bits per heavy atom. The fourth-order valence-corrected chi connectivity index (χ4v) is 1.85. The van der Waals surface area contributed by atoms with E-state index in [4.69, 9.17) is 18.9 Å². The summed E-state index contributed by atoms with van der Waals surface area (Å²) in [5.41, 5.74) is 0.968. The molecule has 0 aliphatic heterocycles. The molecule has 0 N–H and O–H groups in total. The third-order valence-corrected chi connectivity index (χ3v) is 3.00. The molecule has 0 aliphatic carbocycles. The summed E-state index contributed by atoms with van der Waals surface area (Å²) >= 11 is 0. The lowest BCUT2D eigenvalue weighted by Crippen LogP contribution is -2.11. The fourth-order valence-electron chi connectivity index (χ4n) is 1.85. The molecular formula is C15H17N3O5. The topological polar surface area (TPSA) is 92.7 Å². The van der Waals surface area contributed by atoms with Crippen LogP contribution in [0.3, 0.4) is 0 Å². The first-order chi connectivity index (χ1) is 11.1. The van der Waals surface area contributed by atoms with Crippen LogP contribution in [0, 0.1) is 6.92 Å². The Labute approximate surface area is 133 Å². The van der Waals surface area contributed by atoms with E-state index in [9.17, 15) is 4.79 Å². The molecule has 0 radical (unpaired) electrons. The molecule has 8 nitrogen and oxygen atoms in total. The molecule has 2 aromatic rings. The minimum absolute atomic E-state index is 0.00594. The molecule has 0 amide bonds. The predicted octanol–water partition coefficient (Wildman–Crippen LogP) is 1.56. The third-order valence-electron chi connectivity index (χ3n) is 3.00. The lowest BCUT2D eigenvalue weighted by atomic mass is 10.1. The number of carbonyl (C=O) groups excluding carboxylic acids is 1. The van der Waals surface area contributed by atoms with Gasteiger partial charge >= 0.3 is 5.97 Å². The van der Waals surface area contributed by atoms with Crippen molar-refractivity contribution in [2.75, 3.05) is 21.3 Å². The molecule has 2 aromatic heterocycles. The smallest absolute Gasteiger partial charge is 0.343 e. The quantitative estimate of drug-likeness (QED) is 0.741. The van der Waals surface area contributed by atoms with Crippen LogP contribution < -0.4 is 14.2 Å². The molecule has 0 bridgehead atoms. The highest BCUT2D eigenvalue weighted by molar-refractivity contribution is 5.93. The molecule has 0 spiro atoms. The second kappa shape index (κ2) is 7.39. The highest BCUT2D eigenvalue weighted by atomic mass is 16.5. The van der Waals surface area contributed by atoms with Gasteiger partial charge in [-0.2, -0.15) is 9.97 Å². The van der Waals surface area contributed by atoms with Gasteiger partial charge in [0, 0.05) is 6.20 Å². The molecule has 0 saturated carbocycles. The van der Waals surface area contributed by atoms with Crippen LogP contribution in [0.4, 0.5) is 0 Å². The minimum Gasteiger partial charge on any atom is -0.481 e. The highest BCUT2D eigenvalue weighted by Gasteiger charge is 2.18. The van der Waals surface area contributed by atoms with Crippen molar-refractivity contribution in [2.45, 2.75) is 13.5 Å². The molecule has 23 heavy (non-hydrogen) atoms. The van der Waals surface area contributed by atoms with Crippen molar-refractivity contribution in [1.29, 1.82) is 0 Å². The summed E-state index contributed by atoms with van der Waals surface area (Å²) in [5, 5.41) is 0. The van der Waals surface area contributed by atoms with Gasteiger partial charge in [0.1, 0.15) is 12.2 Å². The van der Waals surface area contributed by atoms with E-state index in [-0.39, 0.29) is 18.1 Å². The molecule has 0 unspecified atom stereocenters. The molecule has 0 atom stereocenters. The Hall–Kier alpha value is -2.90. The van der Waals surface area contributed by atoms with E-state index in [1.165, 1.54) is 21.3 Å². The Morgan fingerprint density at radius 3 is 2.35 bits per heavy atom. The maximum absolute atomic E-state index is 11.9. The molecule has 0 fully saturated rings. The van der Waals surface area contributed by atoms with Gasteiger partial charge in [-0.15, -0.1) is 0 Å². The first-order valence-electron chi connectivity index (χ1n) is 6.71. The van der Waals surface area contributed by atoms with E-state index in [0.717, 1.165) is 0 Å². The van der Waals surface area contributed by atoms with Crippen molar-refractivity contribution in [2.24, 2.45) is 0 Å². The molecular weight excluding hydrogens is 302 g/mol. The first-order valence-corrected chi connectivity index (χ1v) is 6.71. The van der Waals surface area contributed by atoms with Crippen molar-refractivity contribution < 1.29 is 23.7 Å². The van der Waals surface area contributed by atoms with Gasteiger partial charge in [-0.25, -0.2) is 9.78 Å². The van der Waals surface area contributed by atoms with E-state index in [1.807, 2.05) is 0 Å². The zero-order valence-corrected chi connectivity index (χ0v) is 13.3.